The molecule has 0 atom stereocenters. The summed E-state index contributed by atoms with van der Waals surface area (Å²) in [5.41, 5.74) is 0.945. The fourth-order valence-electron chi connectivity index (χ4n) is 2.98. The molecule has 0 bridgehead atoms. The lowest BCUT2D eigenvalue weighted by Gasteiger charge is -2.32. The van der Waals surface area contributed by atoms with E-state index in [9.17, 15) is 8.78 Å². The van der Waals surface area contributed by atoms with Crippen LogP contribution in [0.5, 0.6) is 5.75 Å². The van der Waals surface area contributed by atoms with E-state index in [1.807, 2.05) is 24.0 Å². The van der Waals surface area contributed by atoms with Gasteiger partial charge in [-0.15, -0.1) is 24.0 Å². The van der Waals surface area contributed by atoms with Crippen LogP contribution in [0.3, 0.4) is 0 Å². The van der Waals surface area contributed by atoms with Crippen LogP contribution in [0.2, 0.25) is 5.02 Å². The molecular formula is C18H28ClF2IN4O. The molecule has 27 heavy (non-hydrogen) atoms. The zero-order valence-electron chi connectivity index (χ0n) is 15.7. The first-order valence-corrected chi connectivity index (χ1v) is 9.27. The second kappa shape index (κ2) is 12.6. The van der Waals surface area contributed by atoms with Crippen LogP contribution in [-0.4, -0.2) is 56.6 Å². The van der Waals surface area contributed by atoms with Crippen molar-refractivity contribution in [3.05, 3.63) is 28.8 Å². The van der Waals surface area contributed by atoms with Crippen molar-refractivity contribution >= 4 is 41.5 Å². The number of rotatable bonds is 7. The van der Waals surface area contributed by atoms with E-state index in [1.54, 1.807) is 13.2 Å². The van der Waals surface area contributed by atoms with Crippen molar-refractivity contribution in [3.63, 3.8) is 0 Å². The van der Waals surface area contributed by atoms with Crippen molar-refractivity contribution in [2.45, 2.75) is 38.8 Å². The van der Waals surface area contributed by atoms with E-state index in [4.69, 9.17) is 16.3 Å². The van der Waals surface area contributed by atoms with Crippen LogP contribution < -0.4 is 15.4 Å². The first kappa shape index (κ1) is 24.2. The van der Waals surface area contributed by atoms with Gasteiger partial charge in [-0.05, 0) is 31.9 Å². The van der Waals surface area contributed by atoms with Crippen LogP contribution in [0.4, 0.5) is 8.78 Å². The number of benzene rings is 1. The van der Waals surface area contributed by atoms with E-state index in [0.29, 0.717) is 30.4 Å². The first-order chi connectivity index (χ1) is 12.5. The summed E-state index contributed by atoms with van der Waals surface area (Å²) in [5, 5.41) is 7.26. The number of hydrogen-bond donors (Lipinski definition) is 2. The third-order valence-corrected chi connectivity index (χ3v) is 4.56. The van der Waals surface area contributed by atoms with E-state index in [0.717, 1.165) is 30.9 Å². The van der Waals surface area contributed by atoms with Crippen molar-refractivity contribution in [1.82, 2.24) is 15.5 Å². The minimum atomic E-state index is -2.27. The predicted octanol–water partition coefficient (Wildman–Crippen LogP) is 3.75. The number of piperidine rings is 1. The van der Waals surface area contributed by atoms with Gasteiger partial charge in [-0.2, -0.15) is 0 Å². The Labute approximate surface area is 181 Å². The molecule has 1 heterocycles. The zero-order chi connectivity index (χ0) is 18.9. The maximum Gasteiger partial charge on any atom is 0.251 e. The number of ether oxygens (including phenoxy) is 1. The summed E-state index contributed by atoms with van der Waals surface area (Å²) in [7, 11) is 1.61. The van der Waals surface area contributed by atoms with E-state index >= 15 is 0 Å². The van der Waals surface area contributed by atoms with Gasteiger partial charge >= 0.3 is 0 Å². The molecule has 1 aliphatic heterocycles. The maximum absolute atomic E-state index is 12.5. The fraction of sp³-hybridized carbons (Fsp3) is 0.611. The maximum atomic E-state index is 12.5. The van der Waals surface area contributed by atoms with Gasteiger partial charge in [-0.25, -0.2) is 13.8 Å². The third-order valence-electron chi connectivity index (χ3n) is 4.33. The summed E-state index contributed by atoms with van der Waals surface area (Å²) in [6, 6.07) is 5.71. The minimum absolute atomic E-state index is 0. The van der Waals surface area contributed by atoms with Crippen LogP contribution in [0.15, 0.2) is 23.2 Å². The average Bonchev–Trinajstić information content (AvgIpc) is 2.61. The van der Waals surface area contributed by atoms with Crippen molar-refractivity contribution in [2.24, 2.45) is 4.99 Å². The van der Waals surface area contributed by atoms with Crippen molar-refractivity contribution in [2.75, 3.05) is 33.3 Å². The number of guanidine groups is 1. The Hall–Kier alpha value is -0.870. The molecule has 1 aromatic rings. The van der Waals surface area contributed by atoms with E-state index in [2.05, 4.69) is 15.6 Å². The largest absolute Gasteiger partial charge is 0.496 e. The summed E-state index contributed by atoms with van der Waals surface area (Å²) in [4.78, 5) is 6.43. The molecule has 0 unspecified atom stereocenters. The van der Waals surface area contributed by atoms with E-state index < -0.39 is 6.43 Å². The molecule has 154 valence electrons. The van der Waals surface area contributed by atoms with Crippen LogP contribution in [0, 0.1) is 0 Å². The molecule has 2 N–H and O–H groups in total. The summed E-state index contributed by atoms with van der Waals surface area (Å²) in [6.07, 6.45) is -0.629. The highest BCUT2D eigenvalue weighted by atomic mass is 127. The molecular weight excluding hydrogens is 489 g/mol. The normalized spacial score (nSPS) is 16.1. The Bertz CT molecular complexity index is 599. The van der Waals surface area contributed by atoms with E-state index in [1.165, 1.54) is 0 Å². The topological polar surface area (TPSA) is 48.9 Å². The summed E-state index contributed by atoms with van der Waals surface area (Å²) in [5.74, 6) is 1.43. The molecule has 1 fully saturated rings. The molecule has 0 spiro atoms. The van der Waals surface area contributed by atoms with Gasteiger partial charge in [-0.1, -0.05) is 17.7 Å². The fourth-order valence-corrected chi connectivity index (χ4v) is 3.14. The molecule has 9 heteroatoms. The van der Waals surface area contributed by atoms with Crippen LogP contribution in [0.25, 0.3) is 0 Å². The van der Waals surface area contributed by atoms with Crippen molar-refractivity contribution < 1.29 is 13.5 Å². The quantitative estimate of drug-likeness (QED) is 0.329. The lowest BCUT2D eigenvalue weighted by molar-refractivity contribution is 0.0744. The number of halogens is 4. The molecule has 1 aromatic carbocycles. The lowest BCUT2D eigenvalue weighted by atomic mass is 10.1. The molecule has 0 aliphatic carbocycles. The average molecular weight is 517 g/mol. The van der Waals surface area contributed by atoms with Crippen LogP contribution in [-0.2, 0) is 6.54 Å². The van der Waals surface area contributed by atoms with Crippen LogP contribution >= 0.6 is 35.6 Å². The van der Waals surface area contributed by atoms with Crippen molar-refractivity contribution in [3.8, 4) is 5.75 Å². The number of nitrogens with zero attached hydrogens (tertiary/aromatic N) is 2. The molecule has 5 nitrogen and oxygen atoms in total. The van der Waals surface area contributed by atoms with Gasteiger partial charge in [-0.3, -0.25) is 4.90 Å². The second-order valence-electron chi connectivity index (χ2n) is 6.26. The monoisotopic (exact) mass is 516 g/mol. The number of likely N-dealkylation sites (tertiary alicyclic amines) is 1. The number of alkyl halides is 2. The number of aliphatic imine (C=N–C) groups is 1. The van der Waals surface area contributed by atoms with Gasteiger partial charge in [0.05, 0.1) is 20.2 Å². The molecule has 0 radical (unpaired) electrons. The van der Waals surface area contributed by atoms with Gasteiger partial charge in [0.2, 0.25) is 0 Å². The van der Waals surface area contributed by atoms with Gasteiger partial charge < -0.3 is 15.4 Å². The number of hydrogen-bond acceptors (Lipinski definition) is 3. The highest BCUT2D eigenvalue weighted by molar-refractivity contribution is 14.0. The summed E-state index contributed by atoms with van der Waals surface area (Å²) >= 11 is 5.99. The lowest BCUT2D eigenvalue weighted by Crippen LogP contribution is -2.49. The smallest absolute Gasteiger partial charge is 0.251 e. The second-order valence-corrected chi connectivity index (χ2v) is 6.70. The Morgan fingerprint density at radius 3 is 2.67 bits per heavy atom. The van der Waals surface area contributed by atoms with Gasteiger partial charge in [0, 0.05) is 36.3 Å². The zero-order valence-corrected chi connectivity index (χ0v) is 18.8. The predicted molar refractivity (Wildman–Crippen MR) is 117 cm³/mol. The SMILES string of the molecule is CCNC(=NCc1ccc(Cl)cc1OC)NC1CCN(CC(F)F)CC1.I. The highest BCUT2D eigenvalue weighted by Crippen LogP contribution is 2.23. The highest BCUT2D eigenvalue weighted by Gasteiger charge is 2.22. The Balaban J connectivity index is 0.00000364. The first-order valence-electron chi connectivity index (χ1n) is 8.89. The van der Waals surface area contributed by atoms with Crippen molar-refractivity contribution in [1.29, 1.82) is 0 Å². The molecule has 0 aromatic heterocycles. The number of methoxy groups -OCH3 is 1. The number of nitrogens with one attached hydrogen (secondary N) is 2. The molecule has 0 saturated carbocycles. The van der Waals surface area contributed by atoms with Gasteiger partial charge in [0.15, 0.2) is 5.96 Å². The summed E-state index contributed by atoms with van der Waals surface area (Å²) in [6.45, 7) is 4.41. The molecule has 1 aliphatic rings. The van der Waals surface area contributed by atoms with Gasteiger partial charge in [0.25, 0.3) is 6.43 Å². The van der Waals surface area contributed by atoms with E-state index in [-0.39, 0.29) is 36.6 Å². The summed E-state index contributed by atoms with van der Waals surface area (Å²) < 4.78 is 30.3. The molecule has 0 amide bonds. The third kappa shape index (κ3) is 8.35. The van der Waals surface area contributed by atoms with Gasteiger partial charge in [0.1, 0.15) is 5.75 Å². The molecule has 2 rings (SSSR count). The Morgan fingerprint density at radius 2 is 2.07 bits per heavy atom. The standard InChI is InChI=1S/C18H27ClF2N4O.HI/c1-3-22-18(23-11-13-4-5-14(19)10-16(13)26-2)24-15-6-8-25(9-7-15)12-17(20)21;/h4-5,10,15,17H,3,6-9,11-12H2,1-2H3,(H2,22,23,24);1H. The Morgan fingerprint density at radius 1 is 1.37 bits per heavy atom. The minimum Gasteiger partial charge on any atom is -0.496 e. The molecule has 1 saturated heterocycles. The van der Waals surface area contributed by atoms with Crippen LogP contribution in [0.1, 0.15) is 25.3 Å². The Kier molecular flexibility index (Phi) is 11.2.